The number of pyridine rings is 1. The van der Waals surface area contributed by atoms with Crippen LogP contribution in [0.3, 0.4) is 0 Å². The maximum atomic E-state index is 13.1. The van der Waals surface area contributed by atoms with Gasteiger partial charge in [0.1, 0.15) is 5.56 Å². The molecule has 0 radical (unpaired) electrons. The van der Waals surface area contributed by atoms with Crippen molar-refractivity contribution in [2.75, 3.05) is 0 Å². The summed E-state index contributed by atoms with van der Waals surface area (Å²) in [6.45, 7) is 1.41. The number of nitrogens with zero attached hydrogens (tertiary/aromatic N) is 2. The number of rotatable bonds is 4. The third-order valence-electron chi connectivity index (χ3n) is 4.50. The number of primary amides is 1. The molecule has 0 aliphatic carbocycles. The van der Waals surface area contributed by atoms with Crippen molar-refractivity contribution < 1.29 is 22.2 Å². The normalized spacial score (nSPS) is 12.2. The third-order valence-corrected chi connectivity index (χ3v) is 6.01. The van der Waals surface area contributed by atoms with Gasteiger partial charge < -0.3 is 5.73 Å². The molecule has 0 saturated carbocycles. The number of carbonyl (C=O) groups is 1. The average molecular weight is 445 g/mol. The molecule has 0 spiro atoms. The summed E-state index contributed by atoms with van der Waals surface area (Å²) >= 11 is 0. The van der Waals surface area contributed by atoms with E-state index in [0.29, 0.717) is 5.56 Å². The fraction of sp³-hybridized carbons (Fsp3) is 0.0952. The average Bonchev–Trinajstić information content (AvgIpc) is 2.73. The molecule has 3 rings (SSSR count). The van der Waals surface area contributed by atoms with Gasteiger partial charge in [0.15, 0.2) is 0 Å². The van der Waals surface area contributed by atoms with Gasteiger partial charge in [-0.05, 0) is 55.5 Å². The van der Waals surface area contributed by atoms with Crippen LogP contribution in [0.1, 0.15) is 27.2 Å². The molecule has 2 aromatic carbocycles. The Bertz CT molecular complexity index is 1310. The Morgan fingerprint density at radius 1 is 1.13 bits per heavy atom. The summed E-state index contributed by atoms with van der Waals surface area (Å²) in [4.78, 5) is 25.0. The van der Waals surface area contributed by atoms with Gasteiger partial charge in [0.25, 0.3) is 11.5 Å². The number of benzene rings is 2. The zero-order valence-electron chi connectivity index (χ0n) is 15.9. The van der Waals surface area contributed by atoms with E-state index < -0.39 is 39.6 Å². The van der Waals surface area contributed by atoms with Crippen LogP contribution in [0, 0.1) is 18.3 Å². The highest BCUT2D eigenvalue weighted by Gasteiger charge is 2.31. The SMILES string of the molecule is Cc1c(S(=O)c2ccc(C#N)cc2)cc(C(N)=O)c(=O)n1-c1cccc(C(F)(F)F)c1. The van der Waals surface area contributed by atoms with Gasteiger partial charge in [-0.15, -0.1) is 0 Å². The topological polar surface area (TPSA) is 106 Å². The van der Waals surface area contributed by atoms with Crippen LogP contribution in [-0.2, 0) is 17.0 Å². The molecule has 3 aromatic rings. The molecule has 2 N–H and O–H groups in total. The first-order chi connectivity index (χ1) is 14.5. The molecule has 1 amide bonds. The zero-order valence-corrected chi connectivity index (χ0v) is 16.8. The molecule has 1 aromatic heterocycles. The first-order valence-electron chi connectivity index (χ1n) is 8.70. The number of nitriles is 1. The minimum absolute atomic E-state index is 0.0236. The Balaban J connectivity index is 2.27. The minimum atomic E-state index is -4.65. The lowest BCUT2D eigenvalue weighted by Gasteiger charge is -2.17. The van der Waals surface area contributed by atoms with Crippen molar-refractivity contribution in [1.82, 2.24) is 4.57 Å². The van der Waals surface area contributed by atoms with Crippen LogP contribution in [0.4, 0.5) is 13.2 Å². The predicted molar refractivity (Wildman–Crippen MR) is 106 cm³/mol. The summed E-state index contributed by atoms with van der Waals surface area (Å²) in [5.74, 6) is -1.11. The second-order valence-corrected chi connectivity index (χ2v) is 7.91. The van der Waals surface area contributed by atoms with Crippen molar-refractivity contribution in [3.05, 3.63) is 87.3 Å². The molecule has 10 heteroatoms. The monoisotopic (exact) mass is 445 g/mol. The first kappa shape index (κ1) is 22.0. The number of hydrogen-bond acceptors (Lipinski definition) is 4. The Kier molecular flexibility index (Phi) is 5.81. The van der Waals surface area contributed by atoms with Crippen LogP contribution in [0.2, 0.25) is 0 Å². The fourth-order valence-electron chi connectivity index (χ4n) is 2.96. The smallest absolute Gasteiger partial charge is 0.365 e. The zero-order chi connectivity index (χ0) is 22.9. The van der Waals surface area contributed by atoms with Gasteiger partial charge in [-0.25, -0.2) is 4.21 Å². The Morgan fingerprint density at radius 3 is 2.32 bits per heavy atom. The molecule has 1 unspecified atom stereocenters. The number of hydrogen-bond donors (Lipinski definition) is 1. The fourth-order valence-corrected chi connectivity index (χ4v) is 4.18. The molecule has 158 valence electrons. The molecule has 1 heterocycles. The highest BCUT2D eigenvalue weighted by molar-refractivity contribution is 7.85. The maximum Gasteiger partial charge on any atom is 0.416 e. The molecular weight excluding hydrogens is 431 g/mol. The predicted octanol–water partition coefficient (Wildman–Crippen LogP) is 3.30. The van der Waals surface area contributed by atoms with E-state index in [2.05, 4.69) is 0 Å². The number of nitrogens with two attached hydrogens (primary N) is 1. The van der Waals surface area contributed by atoms with E-state index in [0.717, 1.165) is 28.8 Å². The van der Waals surface area contributed by atoms with Crippen molar-refractivity contribution >= 4 is 16.7 Å². The lowest BCUT2D eigenvalue weighted by Crippen LogP contribution is -2.31. The molecule has 0 aliphatic rings. The largest absolute Gasteiger partial charge is 0.416 e. The molecule has 0 fully saturated rings. The number of aromatic nitrogens is 1. The van der Waals surface area contributed by atoms with Crippen molar-refractivity contribution in [1.29, 1.82) is 5.26 Å². The van der Waals surface area contributed by atoms with Crippen molar-refractivity contribution in [2.24, 2.45) is 5.73 Å². The second-order valence-electron chi connectivity index (χ2n) is 6.47. The van der Waals surface area contributed by atoms with Gasteiger partial charge in [-0.2, -0.15) is 18.4 Å². The van der Waals surface area contributed by atoms with Gasteiger partial charge in [-0.3, -0.25) is 14.2 Å². The summed E-state index contributed by atoms with van der Waals surface area (Å²) in [5, 5.41) is 8.90. The van der Waals surface area contributed by atoms with Crippen LogP contribution < -0.4 is 11.3 Å². The Hall–Kier alpha value is -3.71. The van der Waals surface area contributed by atoms with Crippen LogP contribution >= 0.6 is 0 Å². The summed E-state index contributed by atoms with van der Waals surface area (Å²) in [7, 11) is -1.91. The summed E-state index contributed by atoms with van der Waals surface area (Å²) < 4.78 is 53.5. The molecular formula is C21H14F3N3O3S. The number of halogens is 3. The van der Waals surface area contributed by atoms with E-state index in [1.54, 1.807) is 0 Å². The number of carbonyl (C=O) groups excluding carboxylic acids is 1. The van der Waals surface area contributed by atoms with E-state index in [1.165, 1.54) is 37.3 Å². The highest BCUT2D eigenvalue weighted by Crippen LogP contribution is 2.31. The number of amides is 1. The van der Waals surface area contributed by atoms with Crippen molar-refractivity contribution in [3.8, 4) is 11.8 Å². The van der Waals surface area contributed by atoms with Crippen molar-refractivity contribution in [3.63, 3.8) is 0 Å². The van der Waals surface area contributed by atoms with E-state index in [1.807, 2.05) is 6.07 Å². The van der Waals surface area contributed by atoms with Crippen LogP contribution in [0.25, 0.3) is 5.69 Å². The molecule has 31 heavy (non-hydrogen) atoms. The van der Waals surface area contributed by atoms with E-state index in [-0.39, 0.29) is 21.2 Å². The maximum absolute atomic E-state index is 13.1. The van der Waals surface area contributed by atoms with Gasteiger partial charge in [0, 0.05) is 16.3 Å². The summed E-state index contributed by atoms with van der Waals surface area (Å²) in [5.41, 5.74) is 3.12. The van der Waals surface area contributed by atoms with E-state index in [9.17, 15) is 27.0 Å². The summed E-state index contributed by atoms with van der Waals surface area (Å²) in [6.07, 6.45) is -4.65. The van der Waals surface area contributed by atoms with Gasteiger partial charge in [0.05, 0.1) is 32.9 Å². The number of alkyl halides is 3. The van der Waals surface area contributed by atoms with E-state index >= 15 is 0 Å². The van der Waals surface area contributed by atoms with Crippen LogP contribution in [0.15, 0.2) is 69.2 Å². The Morgan fingerprint density at radius 2 is 1.77 bits per heavy atom. The summed E-state index contributed by atoms with van der Waals surface area (Å²) in [6, 6.07) is 12.8. The molecule has 1 atom stereocenters. The standard InChI is InChI=1S/C21H14F3N3O3S/c1-12-18(31(30)16-7-5-13(11-25)6-8-16)10-17(19(26)28)20(29)27(12)15-4-2-3-14(9-15)21(22,23)24/h2-10H,1H3,(H2,26,28). The first-order valence-corrected chi connectivity index (χ1v) is 9.85. The second kappa shape index (κ2) is 8.20. The third kappa shape index (κ3) is 4.27. The Labute approximate surface area is 176 Å². The lowest BCUT2D eigenvalue weighted by molar-refractivity contribution is -0.137. The molecule has 0 bridgehead atoms. The molecule has 0 saturated heterocycles. The van der Waals surface area contributed by atoms with Crippen molar-refractivity contribution in [2.45, 2.75) is 22.9 Å². The van der Waals surface area contributed by atoms with E-state index in [4.69, 9.17) is 11.0 Å². The van der Waals surface area contributed by atoms with Gasteiger partial charge in [0.2, 0.25) is 0 Å². The quantitative estimate of drug-likeness (QED) is 0.665. The molecule has 6 nitrogen and oxygen atoms in total. The lowest BCUT2D eigenvalue weighted by atomic mass is 10.1. The highest BCUT2D eigenvalue weighted by atomic mass is 32.2. The van der Waals surface area contributed by atoms with Gasteiger partial charge >= 0.3 is 6.18 Å². The molecule has 0 aliphatic heterocycles. The minimum Gasteiger partial charge on any atom is -0.365 e. The van der Waals surface area contributed by atoms with Crippen LogP contribution in [-0.4, -0.2) is 14.7 Å². The van der Waals surface area contributed by atoms with Gasteiger partial charge in [-0.1, -0.05) is 6.07 Å². The van der Waals surface area contributed by atoms with Crippen LogP contribution in [0.5, 0.6) is 0 Å².